The Morgan fingerprint density at radius 3 is 2.36 bits per heavy atom. The van der Waals surface area contributed by atoms with E-state index < -0.39 is 0 Å². The molecular formula is C24H42O. The molecule has 0 saturated heterocycles. The van der Waals surface area contributed by atoms with Crippen molar-refractivity contribution in [3.8, 4) is 0 Å². The van der Waals surface area contributed by atoms with Gasteiger partial charge in [-0.25, -0.2) is 0 Å². The molecule has 0 aliphatic heterocycles. The van der Waals surface area contributed by atoms with Crippen LogP contribution in [0.5, 0.6) is 0 Å². The molecule has 0 radical (unpaired) electrons. The van der Waals surface area contributed by atoms with Gasteiger partial charge >= 0.3 is 0 Å². The molecule has 0 N–H and O–H groups in total. The van der Waals surface area contributed by atoms with Crippen molar-refractivity contribution in [2.75, 3.05) is 6.61 Å². The predicted octanol–water partition coefficient (Wildman–Crippen LogP) is 6.85. The molecule has 25 heavy (non-hydrogen) atoms. The molecule has 4 fully saturated rings. The Balaban J connectivity index is 1.52. The lowest BCUT2D eigenvalue weighted by Gasteiger charge is -2.61. The van der Waals surface area contributed by atoms with Crippen molar-refractivity contribution in [3.63, 3.8) is 0 Å². The van der Waals surface area contributed by atoms with E-state index in [1.54, 1.807) is 6.42 Å². The Labute approximate surface area is 156 Å². The molecule has 4 rings (SSSR count). The SMILES string of the molecule is CCCC1CCC2C3CCC4CC(OCC)CCC4(C)C3CCC12C. The Hall–Kier alpha value is -0.0400. The van der Waals surface area contributed by atoms with Gasteiger partial charge < -0.3 is 4.74 Å². The van der Waals surface area contributed by atoms with Crippen LogP contribution < -0.4 is 0 Å². The first-order chi connectivity index (χ1) is 12.0. The van der Waals surface area contributed by atoms with Crippen molar-refractivity contribution >= 4 is 0 Å². The van der Waals surface area contributed by atoms with Gasteiger partial charge in [-0.3, -0.25) is 0 Å². The second kappa shape index (κ2) is 6.84. The van der Waals surface area contributed by atoms with Crippen LogP contribution in [0.4, 0.5) is 0 Å². The van der Waals surface area contributed by atoms with Crippen LogP contribution in [0, 0.1) is 40.4 Å². The summed E-state index contributed by atoms with van der Waals surface area (Å²) in [6.45, 7) is 10.9. The summed E-state index contributed by atoms with van der Waals surface area (Å²) in [5.41, 5.74) is 1.31. The van der Waals surface area contributed by atoms with E-state index in [9.17, 15) is 0 Å². The van der Waals surface area contributed by atoms with Gasteiger partial charge in [-0.15, -0.1) is 0 Å². The summed E-state index contributed by atoms with van der Waals surface area (Å²) in [5.74, 6) is 5.09. The second-order valence-corrected chi connectivity index (χ2v) is 10.6. The molecule has 0 amide bonds. The van der Waals surface area contributed by atoms with E-state index in [2.05, 4.69) is 27.7 Å². The molecule has 0 aromatic rings. The summed E-state index contributed by atoms with van der Waals surface area (Å²) in [4.78, 5) is 0. The first kappa shape index (κ1) is 18.3. The second-order valence-electron chi connectivity index (χ2n) is 10.6. The molecule has 0 aromatic heterocycles. The minimum Gasteiger partial charge on any atom is -0.378 e. The fraction of sp³-hybridized carbons (Fsp3) is 1.00. The zero-order chi connectivity index (χ0) is 17.7. The van der Waals surface area contributed by atoms with Crippen LogP contribution in [-0.4, -0.2) is 12.7 Å². The monoisotopic (exact) mass is 346 g/mol. The average Bonchev–Trinajstić information content (AvgIpc) is 2.93. The molecule has 1 nitrogen and oxygen atoms in total. The van der Waals surface area contributed by atoms with Crippen molar-refractivity contribution < 1.29 is 4.74 Å². The minimum absolute atomic E-state index is 0.564. The van der Waals surface area contributed by atoms with Crippen molar-refractivity contribution in [2.24, 2.45) is 40.4 Å². The normalized spacial score (nSPS) is 52.3. The van der Waals surface area contributed by atoms with E-state index in [0.29, 0.717) is 16.9 Å². The highest BCUT2D eigenvalue weighted by atomic mass is 16.5. The van der Waals surface area contributed by atoms with Gasteiger partial charge in [0.15, 0.2) is 0 Å². The van der Waals surface area contributed by atoms with Gasteiger partial charge in [0.1, 0.15) is 0 Å². The maximum Gasteiger partial charge on any atom is 0.0578 e. The predicted molar refractivity (Wildman–Crippen MR) is 106 cm³/mol. The molecule has 0 aromatic carbocycles. The maximum absolute atomic E-state index is 6.04. The van der Waals surface area contributed by atoms with Crippen LogP contribution in [0.3, 0.4) is 0 Å². The number of fused-ring (bicyclic) bond motifs is 5. The molecule has 1 heteroatoms. The third-order valence-corrected chi connectivity index (χ3v) is 9.85. The molecular weight excluding hydrogens is 304 g/mol. The van der Waals surface area contributed by atoms with Crippen LogP contribution in [0.2, 0.25) is 0 Å². The van der Waals surface area contributed by atoms with E-state index in [1.165, 1.54) is 64.2 Å². The van der Waals surface area contributed by atoms with Crippen molar-refractivity contribution in [1.29, 1.82) is 0 Å². The number of ether oxygens (including phenoxy) is 1. The lowest BCUT2D eigenvalue weighted by Crippen LogP contribution is -2.54. The molecule has 0 bridgehead atoms. The fourth-order valence-electron chi connectivity index (χ4n) is 8.54. The van der Waals surface area contributed by atoms with E-state index in [0.717, 1.165) is 36.2 Å². The van der Waals surface area contributed by atoms with Crippen molar-refractivity contribution in [1.82, 2.24) is 0 Å². The minimum atomic E-state index is 0.564. The van der Waals surface area contributed by atoms with Crippen LogP contribution >= 0.6 is 0 Å². The fourth-order valence-corrected chi connectivity index (χ4v) is 8.54. The zero-order valence-electron chi connectivity index (χ0n) is 17.4. The largest absolute Gasteiger partial charge is 0.378 e. The summed E-state index contributed by atoms with van der Waals surface area (Å²) in [6, 6.07) is 0. The number of rotatable bonds is 4. The maximum atomic E-state index is 6.04. The molecule has 0 heterocycles. The van der Waals surface area contributed by atoms with Gasteiger partial charge in [-0.05, 0) is 105 Å². The standard InChI is InChI=1S/C24H42O/c1-5-7-17-9-11-21-20-10-8-18-16-19(25-6-2)12-14-24(18,4)22(20)13-15-23(17,21)3/h17-22H,5-16H2,1-4H3. The van der Waals surface area contributed by atoms with Crippen LogP contribution in [0.1, 0.15) is 98.3 Å². The quantitative estimate of drug-likeness (QED) is 0.541. The molecule has 4 aliphatic carbocycles. The Bertz CT molecular complexity index is 473. The van der Waals surface area contributed by atoms with Gasteiger partial charge in [0, 0.05) is 6.61 Å². The Kier molecular flexibility index (Phi) is 5.02. The molecule has 8 unspecified atom stereocenters. The summed E-state index contributed by atoms with van der Waals surface area (Å²) >= 11 is 0. The third kappa shape index (κ3) is 2.82. The Morgan fingerprint density at radius 1 is 0.840 bits per heavy atom. The highest BCUT2D eigenvalue weighted by Gasteiger charge is 2.59. The molecule has 144 valence electrons. The summed E-state index contributed by atoms with van der Waals surface area (Å²) in [7, 11) is 0. The third-order valence-electron chi connectivity index (χ3n) is 9.85. The van der Waals surface area contributed by atoms with Gasteiger partial charge in [0.2, 0.25) is 0 Å². The molecule has 0 spiro atoms. The highest BCUT2D eigenvalue weighted by Crippen LogP contribution is 2.67. The van der Waals surface area contributed by atoms with Gasteiger partial charge in [0.05, 0.1) is 6.10 Å². The van der Waals surface area contributed by atoms with Crippen LogP contribution in [-0.2, 0) is 4.74 Å². The first-order valence-electron chi connectivity index (χ1n) is 11.6. The van der Waals surface area contributed by atoms with Crippen LogP contribution in [0.15, 0.2) is 0 Å². The summed E-state index contributed by atoms with van der Waals surface area (Å²) < 4.78 is 6.04. The molecule has 8 atom stereocenters. The number of hydrogen-bond donors (Lipinski definition) is 0. The summed E-state index contributed by atoms with van der Waals surface area (Å²) in [5, 5.41) is 0. The lowest BCUT2D eigenvalue weighted by molar-refractivity contribution is -0.134. The average molecular weight is 347 g/mol. The van der Waals surface area contributed by atoms with E-state index in [-0.39, 0.29) is 0 Å². The van der Waals surface area contributed by atoms with E-state index >= 15 is 0 Å². The van der Waals surface area contributed by atoms with Crippen molar-refractivity contribution in [2.45, 2.75) is 104 Å². The topological polar surface area (TPSA) is 9.23 Å². The molecule has 4 aliphatic rings. The Morgan fingerprint density at radius 2 is 1.60 bits per heavy atom. The van der Waals surface area contributed by atoms with Gasteiger partial charge in [-0.2, -0.15) is 0 Å². The molecule has 4 saturated carbocycles. The van der Waals surface area contributed by atoms with Gasteiger partial charge in [0.25, 0.3) is 0 Å². The van der Waals surface area contributed by atoms with Crippen LogP contribution in [0.25, 0.3) is 0 Å². The summed E-state index contributed by atoms with van der Waals surface area (Å²) in [6.07, 6.45) is 16.7. The van der Waals surface area contributed by atoms with E-state index in [4.69, 9.17) is 4.74 Å². The van der Waals surface area contributed by atoms with Gasteiger partial charge in [-0.1, -0.05) is 33.6 Å². The smallest absolute Gasteiger partial charge is 0.0578 e. The lowest BCUT2D eigenvalue weighted by atomic mass is 9.44. The van der Waals surface area contributed by atoms with Crippen molar-refractivity contribution in [3.05, 3.63) is 0 Å². The highest BCUT2D eigenvalue weighted by molar-refractivity contribution is 5.09. The zero-order valence-corrected chi connectivity index (χ0v) is 17.4. The first-order valence-corrected chi connectivity index (χ1v) is 11.6. The number of hydrogen-bond acceptors (Lipinski definition) is 1. The van der Waals surface area contributed by atoms with E-state index in [1.807, 2.05) is 0 Å².